The Morgan fingerprint density at radius 2 is 1.56 bits per heavy atom. The summed E-state index contributed by atoms with van der Waals surface area (Å²) in [6.07, 6.45) is 0. The van der Waals surface area contributed by atoms with Gasteiger partial charge in [-0.1, -0.05) is 0 Å². The molecule has 2 aliphatic heterocycles. The standard InChI is InChI=1S/C9H21N7/c10-9(13-15-5-1-11-2-6-15)14-16-7-3-12-4-8-16/h11-12H,1-8H2,(H3,10,13,14). The minimum absolute atomic E-state index is 0.490. The highest BCUT2D eigenvalue weighted by molar-refractivity contribution is 5.77. The van der Waals surface area contributed by atoms with Gasteiger partial charge in [0.15, 0.2) is 0 Å². The Morgan fingerprint density at radius 1 is 1.00 bits per heavy atom. The van der Waals surface area contributed by atoms with Crippen molar-refractivity contribution >= 4 is 5.96 Å². The zero-order valence-corrected chi connectivity index (χ0v) is 9.58. The fraction of sp³-hybridized carbons (Fsp3) is 0.889. The first kappa shape index (κ1) is 11.4. The lowest BCUT2D eigenvalue weighted by molar-refractivity contribution is 0.198. The zero-order chi connectivity index (χ0) is 11.2. The van der Waals surface area contributed by atoms with Gasteiger partial charge in [0.25, 0.3) is 0 Å². The smallest absolute Gasteiger partial charge is 0.225 e. The number of nitrogens with zero attached hydrogens (tertiary/aromatic N) is 3. The van der Waals surface area contributed by atoms with Gasteiger partial charge in [-0.3, -0.25) is 10.4 Å². The van der Waals surface area contributed by atoms with Crippen molar-refractivity contribution in [3.05, 3.63) is 0 Å². The summed E-state index contributed by atoms with van der Waals surface area (Å²) >= 11 is 0. The highest BCUT2D eigenvalue weighted by Crippen LogP contribution is 1.92. The Bertz CT molecular complexity index is 230. The van der Waals surface area contributed by atoms with E-state index in [1.54, 1.807) is 0 Å². The molecule has 0 aliphatic carbocycles. The first-order valence-corrected chi connectivity index (χ1v) is 5.87. The first-order chi connectivity index (χ1) is 7.84. The number of hydrazine groups is 1. The molecule has 0 aromatic rings. The summed E-state index contributed by atoms with van der Waals surface area (Å²) in [5.74, 6) is 0.490. The Kier molecular flexibility index (Phi) is 4.20. The summed E-state index contributed by atoms with van der Waals surface area (Å²) in [7, 11) is 0. The predicted molar refractivity (Wildman–Crippen MR) is 63.6 cm³/mol. The van der Waals surface area contributed by atoms with Crippen LogP contribution >= 0.6 is 0 Å². The Balaban J connectivity index is 1.76. The van der Waals surface area contributed by atoms with E-state index in [0.29, 0.717) is 5.96 Å². The van der Waals surface area contributed by atoms with Crippen LogP contribution in [0.3, 0.4) is 0 Å². The molecule has 16 heavy (non-hydrogen) atoms. The van der Waals surface area contributed by atoms with Crippen LogP contribution in [0.1, 0.15) is 0 Å². The monoisotopic (exact) mass is 227 g/mol. The summed E-state index contributed by atoms with van der Waals surface area (Å²) in [4.78, 5) is 0. The van der Waals surface area contributed by atoms with Gasteiger partial charge in [0, 0.05) is 52.4 Å². The molecule has 7 heteroatoms. The molecule has 0 aromatic carbocycles. The quantitative estimate of drug-likeness (QED) is 0.309. The molecule has 0 radical (unpaired) electrons. The van der Waals surface area contributed by atoms with Crippen LogP contribution < -0.4 is 21.8 Å². The molecule has 0 amide bonds. The second-order valence-electron chi connectivity index (χ2n) is 4.04. The van der Waals surface area contributed by atoms with E-state index >= 15 is 0 Å². The molecule has 0 bridgehead atoms. The maximum absolute atomic E-state index is 5.85. The molecule has 92 valence electrons. The van der Waals surface area contributed by atoms with Gasteiger partial charge in [0.1, 0.15) is 0 Å². The Hall–Kier alpha value is -1.05. The normalized spacial score (nSPS) is 24.5. The van der Waals surface area contributed by atoms with Crippen LogP contribution in [0, 0.1) is 0 Å². The van der Waals surface area contributed by atoms with E-state index in [2.05, 4.69) is 26.2 Å². The molecule has 0 atom stereocenters. The number of rotatable bonds is 2. The third-order valence-electron chi connectivity index (χ3n) is 2.73. The van der Waals surface area contributed by atoms with E-state index in [9.17, 15) is 0 Å². The van der Waals surface area contributed by atoms with Crippen LogP contribution in [-0.2, 0) is 0 Å². The van der Waals surface area contributed by atoms with Gasteiger partial charge >= 0.3 is 0 Å². The molecule has 2 rings (SSSR count). The molecule has 2 heterocycles. The number of nitrogens with one attached hydrogen (secondary N) is 3. The maximum Gasteiger partial charge on any atom is 0.225 e. The van der Waals surface area contributed by atoms with Crippen molar-refractivity contribution in [2.45, 2.75) is 0 Å². The van der Waals surface area contributed by atoms with Crippen molar-refractivity contribution in [3.8, 4) is 0 Å². The van der Waals surface area contributed by atoms with Gasteiger partial charge in [-0.2, -0.15) is 0 Å². The van der Waals surface area contributed by atoms with E-state index in [-0.39, 0.29) is 0 Å². The van der Waals surface area contributed by atoms with E-state index in [1.165, 1.54) is 0 Å². The van der Waals surface area contributed by atoms with Crippen LogP contribution in [-0.4, -0.2) is 68.3 Å². The van der Waals surface area contributed by atoms with Gasteiger partial charge in [0.2, 0.25) is 5.96 Å². The minimum atomic E-state index is 0.490. The fourth-order valence-electron chi connectivity index (χ4n) is 1.87. The van der Waals surface area contributed by atoms with Crippen molar-refractivity contribution < 1.29 is 0 Å². The van der Waals surface area contributed by atoms with Crippen molar-refractivity contribution in [1.29, 1.82) is 0 Å². The van der Waals surface area contributed by atoms with E-state index in [1.807, 2.05) is 5.01 Å². The SMILES string of the molecule is N/C(=N\N1CCNCC1)NN1CCNCC1. The van der Waals surface area contributed by atoms with Crippen molar-refractivity contribution in [2.24, 2.45) is 10.8 Å². The van der Waals surface area contributed by atoms with Crippen molar-refractivity contribution in [1.82, 2.24) is 26.1 Å². The Labute approximate surface area is 96.0 Å². The fourth-order valence-corrected chi connectivity index (χ4v) is 1.87. The van der Waals surface area contributed by atoms with Gasteiger partial charge in [-0.15, -0.1) is 5.10 Å². The van der Waals surface area contributed by atoms with Crippen molar-refractivity contribution in [3.63, 3.8) is 0 Å². The van der Waals surface area contributed by atoms with Gasteiger partial charge < -0.3 is 16.4 Å². The number of guanidine groups is 1. The first-order valence-electron chi connectivity index (χ1n) is 5.87. The second-order valence-corrected chi connectivity index (χ2v) is 4.04. The maximum atomic E-state index is 5.85. The van der Waals surface area contributed by atoms with Crippen LogP contribution in [0.15, 0.2) is 5.10 Å². The summed E-state index contributed by atoms with van der Waals surface area (Å²) in [5.41, 5.74) is 8.98. The number of hydrogen-bond acceptors (Lipinski definition) is 5. The lowest BCUT2D eigenvalue weighted by Crippen LogP contribution is -2.54. The van der Waals surface area contributed by atoms with Gasteiger partial charge in [-0.05, 0) is 0 Å². The molecule has 5 N–H and O–H groups in total. The third-order valence-corrected chi connectivity index (χ3v) is 2.73. The summed E-state index contributed by atoms with van der Waals surface area (Å²) < 4.78 is 0. The van der Waals surface area contributed by atoms with Crippen molar-refractivity contribution in [2.75, 3.05) is 52.4 Å². The van der Waals surface area contributed by atoms with E-state index < -0.39 is 0 Å². The van der Waals surface area contributed by atoms with Gasteiger partial charge in [-0.25, -0.2) is 5.01 Å². The Morgan fingerprint density at radius 3 is 2.19 bits per heavy atom. The molecular weight excluding hydrogens is 206 g/mol. The van der Waals surface area contributed by atoms with Crippen LogP contribution in [0.25, 0.3) is 0 Å². The van der Waals surface area contributed by atoms with Gasteiger partial charge in [0.05, 0.1) is 0 Å². The summed E-state index contributed by atoms with van der Waals surface area (Å²) in [6.45, 7) is 7.69. The largest absolute Gasteiger partial charge is 0.367 e. The zero-order valence-electron chi connectivity index (χ0n) is 9.58. The molecule has 2 fully saturated rings. The number of piperazine rings is 2. The summed E-state index contributed by atoms with van der Waals surface area (Å²) in [6, 6.07) is 0. The number of nitrogens with two attached hydrogens (primary N) is 1. The topological polar surface area (TPSA) is 80.9 Å². The highest BCUT2D eigenvalue weighted by atomic mass is 15.6. The van der Waals surface area contributed by atoms with E-state index in [0.717, 1.165) is 52.4 Å². The molecule has 2 saturated heterocycles. The van der Waals surface area contributed by atoms with E-state index in [4.69, 9.17) is 5.73 Å². The minimum Gasteiger partial charge on any atom is -0.367 e. The molecule has 0 aromatic heterocycles. The lowest BCUT2D eigenvalue weighted by atomic mass is 10.4. The molecule has 0 saturated carbocycles. The molecule has 0 unspecified atom stereocenters. The number of hydrazone groups is 1. The highest BCUT2D eigenvalue weighted by Gasteiger charge is 2.11. The predicted octanol–water partition coefficient (Wildman–Crippen LogP) is -2.47. The summed E-state index contributed by atoms with van der Waals surface area (Å²) in [5, 5.41) is 15.0. The lowest BCUT2D eigenvalue weighted by Gasteiger charge is -2.29. The molecular formula is C9H21N7. The average Bonchev–Trinajstić information content (AvgIpc) is 2.31. The van der Waals surface area contributed by atoms with Crippen LogP contribution in [0.4, 0.5) is 0 Å². The molecule has 2 aliphatic rings. The van der Waals surface area contributed by atoms with Crippen LogP contribution in [0.5, 0.6) is 0 Å². The second kappa shape index (κ2) is 5.88. The average molecular weight is 227 g/mol. The third kappa shape index (κ3) is 3.51. The molecule has 0 spiro atoms. The molecule has 7 nitrogen and oxygen atoms in total. The van der Waals surface area contributed by atoms with Crippen LogP contribution in [0.2, 0.25) is 0 Å². The number of hydrogen-bond donors (Lipinski definition) is 4.